The summed E-state index contributed by atoms with van der Waals surface area (Å²) in [7, 11) is 0. The van der Waals surface area contributed by atoms with Crippen LogP contribution < -0.4 is 5.73 Å². The van der Waals surface area contributed by atoms with Gasteiger partial charge in [-0.15, -0.1) is 0 Å². The lowest BCUT2D eigenvalue weighted by molar-refractivity contribution is 0.0697. The molecule has 2 saturated carbocycles. The van der Waals surface area contributed by atoms with Crippen molar-refractivity contribution < 1.29 is 13.9 Å². The predicted molar refractivity (Wildman–Crippen MR) is 110 cm³/mol. The Morgan fingerprint density at radius 2 is 1.67 bits per heavy atom. The molecule has 0 saturated heterocycles. The van der Waals surface area contributed by atoms with Gasteiger partial charge in [0.25, 0.3) is 0 Å². The van der Waals surface area contributed by atoms with E-state index in [9.17, 15) is 4.39 Å². The highest BCUT2D eigenvalue weighted by Gasteiger charge is 2.30. The van der Waals surface area contributed by atoms with Crippen molar-refractivity contribution in [1.82, 2.24) is 0 Å². The van der Waals surface area contributed by atoms with Crippen molar-refractivity contribution in [2.24, 2.45) is 29.4 Å². The maximum absolute atomic E-state index is 14.3. The molecule has 4 heteroatoms. The van der Waals surface area contributed by atoms with Crippen LogP contribution in [0, 0.1) is 23.7 Å². The lowest BCUT2D eigenvalue weighted by Crippen LogP contribution is -2.26. The third-order valence-corrected chi connectivity index (χ3v) is 6.33. The molecule has 0 aromatic heterocycles. The Balaban J connectivity index is 1.71. The van der Waals surface area contributed by atoms with Crippen molar-refractivity contribution in [3.05, 3.63) is 36.0 Å². The molecule has 0 amide bonds. The van der Waals surface area contributed by atoms with E-state index in [1.807, 2.05) is 6.92 Å². The fourth-order valence-corrected chi connectivity index (χ4v) is 4.59. The van der Waals surface area contributed by atoms with Crippen LogP contribution >= 0.6 is 0 Å². The minimum absolute atomic E-state index is 0.00647. The number of allylic oxidation sites excluding steroid dienone is 2. The second-order valence-electron chi connectivity index (χ2n) is 8.33. The van der Waals surface area contributed by atoms with Crippen LogP contribution in [0.2, 0.25) is 0 Å². The predicted octanol–water partition coefficient (Wildman–Crippen LogP) is 5.88. The molecule has 2 fully saturated rings. The quantitative estimate of drug-likeness (QED) is 0.402. The normalized spacial score (nSPS) is 30.6. The van der Waals surface area contributed by atoms with E-state index in [0.717, 1.165) is 17.8 Å². The molecule has 2 aliphatic carbocycles. The molecule has 0 radical (unpaired) electrons. The third-order valence-electron chi connectivity index (χ3n) is 6.33. The van der Waals surface area contributed by atoms with E-state index in [2.05, 4.69) is 13.5 Å². The Morgan fingerprint density at radius 3 is 2.22 bits per heavy atom. The van der Waals surface area contributed by atoms with Crippen molar-refractivity contribution in [3.8, 4) is 0 Å². The smallest absolute Gasteiger partial charge is 0.152 e. The summed E-state index contributed by atoms with van der Waals surface area (Å²) in [4.78, 5) is 0. The van der Waals surface area contributed by atoms with Crippen molar-refractivity contribution in [1.29, 1.82) is 0 Å². The van der Waals surface area contributed by atoms with E-state index in [1.165, 1.54) is 57.4 Å². The maximum Gasteiger partial charge on any atom is 0.152 e. The first-order valence-corrected chi connectivity index (χ1v) is 10.7. The van der Waals surface area contributed by atoms with Crippen LogP contribution in [-0.4, -0.2) is 19.8 Å². The SMILES string of the molecule is C=C/C=C(OCC)\C(N)=C(\F)COCC1CCC(C2CCC(C)CC2)CC1. The summed E-state index contributed by atoms with van der Waals surface area (Å²) in [6, 6.07) is 0. The molecule has 2 N–H and O–H groups in total. The van der Waals surface area contributed by atoms with Gasteiger partial charge in [0.15, 0.2) is 5.83 Å². The van der Waals surface area contributed by atoms with Gasteiger partial charge in [-0.3, -0.25) is 0 Å². The highest BCUT2D eigenvalue weighted by atomic mass is 19.1. The zero-order valence-electron chi connectivity index (χ0n) is 17.2. The van der Waals surface area contributed by atoms with Gasteiger partial charge in [-0.1, -0.05) is 32.4 Å². The number of nitrogens with two attached hydrogens (primary N) is 1. The largest absolute Gasteiger partial charge is 0.492 e. The Labute approximate surface area is 164 Å². The molecule has 2 aliphatic rings. The van der Waals surface area contributed by atoms with E-state index < -0.39 is 5.83 Å². The van der Waals surface area contributed by atoms with Gasteiger partial charge in [0.2, 0.25) is 0 Å². The van der Waals surface area contributed by atoms with Gasteiger partial charge in [0.05, 0.1) is 6.61 Å². The van der Waals surface area contributed by atoms with E-state index >= 15 is 0 Å². The van der Waals surface area contributed by atoms with Crippen molar-refractivity contribution >= 4 is 0 Å². The van der Waals surface area contributed by atoms with Gasteiger partial charge in [-0.05, 0) is 75.2 Å². The Bertz CT molecular complexity index is 512. The maximum atomic E-state index is 14.3. The van der Waals surface area contributed by atoms with Crippen LogP contribution in [0.4, 0.5) is 4.39 Å². The minimum Gasteiger partial charge on any atom is -0.492 e. The second kappa shape index (κ2) is 11.5. The van der Waals surface area contributed by atoms with Gasteiger partial charge in [0.1, 0.15) is 18.1 Å². The van der Waals surface area contributed by atoms with Crippen LogP contribution in [0.1, 0.15) is 65.2 Å². The molecular weight excluding hydrogens is 341 g/mol. The molecule has 0 aromatic carbocycles. The summed E-state index contributed by atoms with van der Waals surface area (Å²) in [5.74, 6) is 3.16. The number of hydrogen-bond acceptors (Lipinski definition) is 3. The molecule has 0 spiro atoms. The first-order chi connectivity index (χ1) is 13.0. The lowest BCUT2D eigenvalue weighted by atomic mass is 9.69. The molecule has 0 heterocycles. The molecule has 0 aromatic rings. The average Bonchev–Trinajstić information content (AvgIpc) is 2.68. The second-order valence-corrected chi connectivity index (χ2v) is 8.33. The fourth-order valence-electron chi connectivity index (χ4n) is 4.59. The number of hydrogen-bond donors (Lipinski definition) is 1. The van der Waals surface area contributed by atoms with Crippen LogP contribution in [0.5, 0.6) is 0 Å². The first-order valence-electron chi connectivity index (χ1n) is 10.7. The zero-order valence-corrected chi connectivity index (χ0v) is 17.2. The van der Waals surface area contributed by atoms with Crippen molar-refractivity contribution in [2.45, 2.75) is 65.2 Å². The standard InChI is InChI=1S/C23H38FNO2/c1-4-6-22(27-5-2)23(25)21(24)16-26-15-18-9-13-20(14-10-18)19-11-7-17(3)8-12-19/h4,6,17-20H,1,5,7-16,25H2,2-3H3/b22-6+,23-21-. The summed E-state index contributed by atoms with van der Waals surface area (Å²) < 4.78 is 25.2. The van der Waals surface area contributed by atoms with E-state index in [1.54, 1.807) is 6.08 Å². The molecule has 154 valence electrons. The van der Waals surface area contributed by atoms with Crippen molar-refractivity contribution in [2.75, 3.05) is 19.8 Å². The van der Waals surface area contributed by atoms with E-state index in [4.69, 9.17) is 15.2 Å². The zero-order chi connectivity index (χ0) is 19.6. The lowest BCUT2D eigenvalue weighted by Gasteiger charge is -2.37. The molecule has 0 aliphatic heterocycles. The monoisotopic (exact) mass is 379 g/mol. The summed E-state index contributed by atoms with van der Waals surface area (Å²) in [5, 5.41) is 0. The molecule has 27 heavy (non-hydrogen) atoms. The van der Waals surface area contributed by atoms with Gasteiger partial charge >= 0.3 is 0 Å². The average molecular weight is 380 g/mol. The third kappa shape index (κ3) is 6.99. The van der Waals surface area contributed by atoms with Crippen molar-refractivity contribution in [3.63, 3.8) is 0 Å². The van der Waals surface area contributed by atoms with Gasteiger partial charge in [0, 0.05) is 6.61 Å². The molecule has 0 atom stereocenters. The summed E-state index contributed by atoms with van der Waals surface area (Å²) >= 11 is 0. The summed E-state index contributed by atoms with van der Waals surface area (Å²) in [6.07, 6.45) is 13.8. The number of ether oxygens (including phenoxy) is 2. The van der Waals surface area contributed by atoms with E-state index in [0.29, 0.717) is 24.9 Å². The first kappa shape index (κ1) is 22.0. The fraction of sp³-hybridized carbons (Fsp3) is 0.739. The van der Waals surface area contributed by atoms with Gasteiger partial charge in [-0.2, -0.15) is 0 Å². The summed E-state index contributed by atoms with van der Waals surface area (Å²) in [6.45, 7) is 8.78. The Hall–Kier alpha value is -1.29. The highest BCUT2D eigenvalue weighted by Crippen LogP contribution is 2.41. The van der Waals surface area contributed by atoms with E-state index in [-0.39, 0.29) is 12.3 Å². The highest BCUT2D eigenvalue weighted by molar-refractivity contribution is 5.28. The van der Waals surface area contributed by atoms with Crippen LogP contribution in [-0.2, 0) is 9.47 Å². The topological polar surface area (TPSA) is 44.5 Å². The summed E-state index contributed by atoms with van der Waals surface area (Å²) in [5.41, 5.74) is 5.85. The van der Waals surface area contributed by atoms with Crippen LogP contribution in [0.3, 0.4) is 0 Å². The number of rotatable bonds is 9. The minimum atomic E-state index is -0.471. The van der Waals surface area contributed by atoms with Crippen LogP contribution in [0.15, 0.2) is 36.0 Å². The molecule has 0 bridgehead atoms. The number of halogens is 1. The van der Waals surface area contributed by atoms with Crippen LogP contribution in [0.25, 0.3) is 0 Å². The Morgan fingerprint density at radius 1 is 1.07 bits per heavy atom. The van der Waals surface area contributed by atoms with Gasteiger partial charge < -0.3 is 15.2 Å². The molecule has 2 rings (SSSR count). The Kier molecular flexibility index (Phi) is 9.40. The molecule has 0 unspecified atom stereocenters. The molecule has 3 nitrogen and oxygen atoms in total. The van der Waals surface area contributed by atoms with Gasteiger partial charge in [-0.25, -0.2) is 4.39 Å². The molecular formula is C23H38FNO2.